The van der Waals surface area contributed by atoms with Crippen LogP contribution < -0.4 is 4.74 Å². The van der Waals surface area contributed by atoms with E-state index in [1.54, 1.807) is 23.2 Å². The number of benzene rings is 1. The highest BCUT2D eigenvalue weighted by molar-refractivity contribution is 5.97. The third-order valence-corrected chi connectivity index (χ3v) is 4.66. The maximum absolute atomic E-state index is 12.7. The van der Waals surface area contributed by atoms with Crippen LogP contribution in [-0.2, 0) is 0 Å². The number of ether oxygens (including phenoxy) is 1. The van der Waals surface area contributed by atoms with Gasteiger partial charge in [-0.3, -0.25) is 4.79 Å². The number of hydrogen-bond donors (Lipinski definition) is 1. The Balaban J connectivity index is 1.59. The topological polar surface area (TPSA) is 67.6 Å². The summed E-state index contributed by atoms with van der Waals surface area (Å²) in [6.45, 7) is 4.06. The van der Waals surface area contributed by atoms with Crippen molar-refractivity contribution in [2.45, 2.75) is 38.6 Å². The van der Waals surface area contributed by atoms with Crippen LogP contribution >= 0.6 is 0 Å². The van der Waals surface area contributed by atoms with Crippen LogP contribution in [0, 0.1) is 0 Å². The Kier molecular flexibility index (Phi) is 5.58. The van der Waals surface area contributed by atoms with Crippen molar-refractivity contribution >= 4 is 5.91 Å². The monoisotopic (exact) mass is 343 g/mol. The minimum Gasteiger partial charge on any atom is -0.507 e. The minimum atomic E-state index is -0.123. The average molecular weight is 343 g/mol. The molecule has 25 heavy (non-hydrogen) atoms. The van der Waals surface area contributed by atoms with E-state index in [4.69, 9.17) is 4.74 Å². The number of imidazole rings is 1. The van der Waals surface area contributed by atoms with E-state index < -0.39 is 0 Å². The number of aromatic nitrogens is 2. The Morgan fingerprint density at radius 2 is 2.16 bits per heavy atom. The molecule has 1 aliphatic rings. The Morgan fingerprint density at radius 3 is 2.80 bits per heavy atom. The maximum Gasteiger partial charge on any atom is 0.257 e. The van der Waals surface area contributed by atoms with E-state index in [2.05, 4.69) is 16.5 Å². The van der Waals surface area contributed by atoms with Crippen molar-refractivity contribution in [3.8, 4) is 11.5 Å². The van der Waals surface area contributed by atoms with Crippen molar-refractivity contribution in [2.24, 2.45) is 0 Å². The highest BCUT2D eigenvalue weighted by atomic mass is 16.5. The number of phenols is 1. The third-order valence-electron chi connectivity index (χ3n) is 4.66. The van der Waals surface area contributed by atoms with Crippen LogP contribution in [-0.4, -0.2) is 45.2 Å². The fraction of sp³-hybridized carbons (Fsp3) is 0.474. The molecule has 0 saturated carbocycles. The SMILES string of the molecule is CCCCOc1ccc(C(=O)N2CCC(n3ccnc3)CC2)c(O)c1. The lowest BCUT2D eigenvalue weighted by molar-refractivity contribution is 0.0691. The van der Waals surface area contributed by atoms with Gasteiger partial charge in [0, 0.05) is 37.6 Å². The zero-order chi connectivity index (χ0) is 17.6. The molecular weight excluding hydrogens is 318 g/mol. The molecule has 6 heteroatoms. The molecule has 1 aliphatic heterocycles. The lowest BCUT2D eigenvalue weighted by Gasteiger charge is -2.32. The van der Waals surface area contributed by atoms with E-state index in [1.807, 2.05) is 12.5 Å². The van der Waals surface area contributed by atoms with Gasteiger partial charge in [-0.2, -0.15) is 0 Å². The van der Waals surface area contributed by atoms with Crippen molar-refractivity contribution in [1.82, 2.24) is 14.5 Å². The third kappa shape index (κ3) is 4.13. The molecular formula is C19H25N3O3. The van der Waals surface area contributed by atoms with Crippen molar-refractivity contribution in [3.05, 3.63) is 42.5 Å². The van der Waals surface area contributed by atoms with Gasteiger partial charge in [0.25, 0.3) is 5.91 Å². The Morgan fingerprint density at radius 1 is 1.36 bits per heavy atom. The second-order valence-corrected chi connectivity index (χ2v) is 6.41. The van der Waals surface area contributed by atoms with Gasteiger partial charge in [0.05, 0.1) is 18.5 Å². The fourth-order valence-corrected chi connectivity index (χ4v) is 3.14. The maximum atomic E-state index is 12.7. The van der Waals surface area contributed by atoms with Crippen molar-refractivity contribution < 1.29 is 14.6 Å². The Labute approximate surface area is 148 Å². The van der Waals surface area contributed by atoms with E-state index in [-0.39, 0.29) is 11.7 Å². The molecule has 134 valence electrons. The van der Waals surface area contributed by atoms with Gasteiger partial charge in [-0.25, -0.2) is 4.98 Å². The highest BCUT2D eigenvalue weighted by Gasteiger charge is 2.25. The van der Waals surface area contributed by atoms with Gasteiger partial charge in [0.2, 0.25) is 0 Å². The van der Waals surface area contributed by atoms with E-state index in [0.29, 0.717) is 37.1 Å². The molecule has 0 radical (unpaired) electrons. The van der Waals surface area contributed by atoms with Crippen LogP contribution in [0.3, 0.4) is 0 Å². The first kappa shape index (κ1) is 17.3. The number of aromatic hydroxyl groups is 1. The van der Waals surface area contributed by atoms with Crippen LogP contribution in [0.5, 0.6) is 11.5 Å². The summed E-state index contributed by atoms with van der Waals surface area (Å²) < 4.78 is 7.67. The number of amides is 1. The molecule has 0 bridgehead atoms. The Bertz CT molecular complexity index is 692. The second-order valence-electron chi connectivity index (χ2n) is 6.41. The predicted molar refractivity (Wildman–Crippen MR) is 94.9 cm³/mol. The molecule has 2 aromatic rings. The lowest BCUT2D eigenvalue weighted by Crippen LogP contribution is -2.38. The number of carbonyl (C=O) groups excluding carboxylic acids is 1. The van der Waals surface area contributed by atoms with Gasteiger partial charge in [-0.1, -0.05) is 13.3 Å². The van der Waals surface area contributed by atoms with Crippen LogP contribution in [0.1, 0.15) is 49.0 Å². The quantitative estimate of drug-likeness (QED) is 0.818. The molecule has 1 N–H and O–H groups in total. The molecule has 0 spiro atoms. The molecule has 0 aliphatic carbocycles. The van der Waals surface area contributed by atoms with Crippen molar-refractivity contribution in [1.29, 1.82) is 0 Å². The number of unbranched alkanes of at least 4 members (excludes halogenated alkanes) is 1. The van der Waals surface area contributed by atoms with Crippen molar-refractivity contribution in [2.75, 3.05) is 19.7 Å². The van der Waals surface area contributed by atoms with E-state index >= 15 is 0 Å². The van der Waals surface area contributed by atoms with Crippen LogP contribution in [0.25, 0.3) is 0 Å². The average Bonchev–Trinajstić information content (AvgIpc) is 3.16. The standard InChI is InChI=1S/C19H25N3O3/c1-2-3-12-25-16-4-5-17(18(23)13-16)19(24)21-9-6-15(7-10-21)22-11-8-20-14-22/h4-5,8,11,13-15,23H,2-3,6-7,9-10,12H2,1H3. The summed E-state index contributed by atoms with van der Waals surface area (Å²) >= 11 is 0. The van der Waals surface area contributed by atoms with E-state index in [9.17, 15) is 9.90 Å². The first-order valence-electron chi connectivity index (χ1n) is 8.91. The van der Waals surface area contributed by atoms with Crippen LogP contribution in [0.15, 0.2) is 36.9 Å². The summed E-state index contributed by atoms with van der Waals surface area (Å²) in [5, 5.41) is 10.2. The number of piperidine rings is 1. The zero-order valence-electron chi connectivity index (χ0n) is 14.6. The fourth-order valence-electron chi connectivity index (χ4n) is 3.14. The molecule has 0 atom stereocenters. The summed E-state index contributed by atoms with van der Waals surface area (Å²) in [6.07, 6.45) is 9.36. The zero-order valence-corrected chi connectivity index (χ0v) is 14.6. The van der Waals surface area contributed by atoms with Gasteiger partial charge in [-0.05, 0) is 31.4 Å². The summed E-state index contributed by atoms with van der Waals surface area (Å²) in [7, 11) is 0. The largest absolute Gasteiger partial charge is 0.507 e. The number of rotatable bonds is 6. The second kappa shape index (κ2) is 8.05. The summed E-state index contributed by atoms with van der Waals surface area (Å²) in [6, 6.07) is 5.32. The first-order valence-corrected chi connectivity index (χ1v) is 8.91. The van der Waals surface area contributed by atoms with Crippen LogP contribution in [0.2, 0.25) is 0 Å². The van der Waals surface area contributed by atoms with Crippen LogP contribution in [0.4, 0.5) is 0 Å². The van der Waals surface area contributed by atoms with Gasteiger partial charge < -0.3 is 19.3 Å². The molecule has 3 rings (SSSR count). The summed E-state index contributed by atoms with van der Waals surface area (Å²) in [5.41, 5.74) is 0.337. The highest BCUT2D eigenvalue weighted by Crippen LogP contribution is 2.28. The predicted octanol–water partition coefficient (Wildman–Crippen LogP) is 3.24. The number of phenolic OH excluding ortho intramolecular Hbond substituents is 1. The summed E-state index contributed by atoms with van der Waals surface area (Å²) in [4.78, 5) is 18.6. The number of nitrogens with zero attached hydrogens (tertiary/aromatic N) is 3. The van der Waals surface area contributed by atoms with Gasteiger partial charge in [0.1, 0.15) is 11.5 Å². The molecule has 1 fully saturated rings. The molecule has 1 aromatic heterocycles. The van der Waals surface area contributed by atoms with Gasteiger partial charge in [0.15, 0.2) is 0 Å². The first-order chi connectivity index (χ1) is 12.2. The molecule has 6 nitrogen and oxygen atoms in total. The van der Waals surface area contributed by atoms with E-state index in [1.165, 1.54) is 6.07 Å². The molecule has 1 aromatic carbocycles. The van der Waals surface area contributed by atoms with Gasteiger partial charge >= 0.3 is 0 Å². The minimum absolute atomic E-state index is 0.0178. The Hall–Kier alpha value is -2.50. The van der Waals surface area contributed by atoms with Crippen molar-refractivity contribution in [3.63, 3.8) is 0 Å². The molecule has 1 amide bonds. The smallest absolute Gasteiger partial charge is 0.257 e. The van der Waals surface area contributed by atoms with E-state index in [0.717, 1.165) is 25.7 Å². The van der Waals surface area contributed by atoms with Gasteiger partial charge in [-0.15, -0.1) is 0 Å². The number of likely N-dealkylation sites (tertiary alicyclic amines) is 1. The normalized spacial score (nSPS) is 15.3. The number of hydrogen-bond acceptors (Lipinski definition) is 4. The molecule has 1 saturated heterocycles. The lowest BCUT2D eigenvalue weighted by atomic mass is 10.0. The number of carbonyl (C=O) groups is 1. The molecule has 0 unspecified atom stereocenters. The molecule has 2 heterocycles. The summed E-state index contributed by atoms with van der Waals surface area (Å²) in [5.74, 6) is 0.457.